The van der Waals surface area contributed by atoms with E-state index in [0.29, 0.717) is 22.6 Å². The van der Waals surface area contributed by atoms with Crippen molar-refractivity contribution >= 4 is 16.9 Å². The molecule has 2 N–H and O–H groups in total. The molecule has 8 nitrogen and oxygen atoms in total. The number of benzene rings is 3. The number of esters is 1. The van der Waals surface area contributed by atoms with E-state index >= 15 is 0 Å². The quantitative estimate of drug-likeness (QED) is 0.372. The Balaban J connectivity index is 2.06. The molecule has 1 aromatic heterocycles. The Kier molecular flexibility index (Phi) is 6.64. The van der Waals surface area contributed by atoms with Crippen molar-refractivity contribution < 1.29 is 33.6 Å². The van der Waals surface area contributed by atoms with E-state index in [4.69, 9.17) is 18.6 Å². The largest absolute Gasteiger partial charge is 0.507 e. The molecule has 4 aromatic rings. The zero-order chi connectivity index (χ0) is 25.1. The van der Waals surface area contributed by atoms with Crippen LogP contribution in [0, 0.1) is 0 Å². The van der Waals surface area contributed by atoms with E-state index < -0.39 is 23.1 Å². The van der Waals surface area contributed by atoms with Gasteiger partial charge in [-0.1, -0.05) is 36.4 Å². The van der Waals surface area contributed by atoms with Crippen LogP contribution < -0.4 is 14.9 Å². The first-order chi connectivity index (χ1) is 16.9. The van der Waals surface area contributed by atoms with Gasteiger partial charge in [0.15, 0.2) is 5.43 Å². The number of rotatable bonds is 7. The molecule has 180 valence electrons. The number of hydrogen-bond donors (Lipinski definition) is 2. The monoisotopic (exact) mass is 476 g/mol. The summed E-state index contributed by atoms with van der Waals surface area (Å²) in [5.41, 5.74) is 0.755. The van der Waals surface area contributed by atoms with Crippen LogP contribution in [-0.2, 0) is 9.53 Å². The number of phenols is 2. The Hall–Kier alpha value is -4.46. The molecule has 0 unspecified atom stereocenters. The van der Waals surface area contributed by atoms with E-state index in [0.717, 1.165) is 6.07 Å². The number of hydrogen-bond acceptors (Lipinski definition) is 8. The summed E-state index contributed by atoms with van der Waals surface area (Å²) in [7, 11) is 4.24. The van der Waals surface area contributed by atoms with Crippen LogP contribution in [-0.4, -0.2) is 37.5 Å². The maximum atomic E-state index is 13.1. The van der Waals surface area contributed by atoms with Crippen molar-refractivity contribution in [2.24, 2.45) is 0 Å². The van der Waals surface area contributed by atoms with Gasteiger partial charge in [-0.25, -0.2) is 0 Å². The maximum Gasteiger partial charge on any atom is 0.306 e. The van der Waals surface area contributed by atoms with Gasteiger partial charge in [-0.15, -0.1) is 0 Å². The van der Waals surface area contributed by atoms with Crippen LogP contribution in [0.4, 0.5) is 0 Å². The van der Waals surface area contributed by atoms with Crippen molar-refractivity contribution in [3.8, 4) is 34.3 Å². The number of ether oxygens (including phenoxy) is 3. The van der Waals surface area contributed by atoms with Gasteiger partial charge in [0, 0.05) is 40.8 Å². The summed E-state index contributed by atoms with van der Waals surface area (Å²) < 4.78 is 21.8. The van der Waals surface area contributed by atoms with Crippen LogP contribution in [0.5, 0.6) is 23.0 Å². The SMILES string of the molecule is COC(=O)C[C@@H](c1ccc(OC)cc1OC)c1c(O)cc(O)c2c(=O)cc(-c3ccccc3)oc12. The highest BCUT2D eigenvalue weighted by Gasteiger charge is 2.30. The second-order valence-corrected chi connectivity index (χ2v) is 7.81. The molecule has 0 fully saturated rings. The number of methoxy groups -OCH3 is 3. The third-order valence-corrected chi connectivity index (χ3v) is 5.82. The molecular weight excluding hydrogens is 452 g/mol. The highest BCUT2D eigenvalue weighted by Crippen LogP contribution is 2.45. The number of aromatic hydroxyl groups is 2. The van der Waals surface area contributed by atoms with Crippen molar-refractivity contribution in [1.29, 1.82) is 0 Å². The third-order valence-electron chi connectivity index (χ3n) is 5.82. The molecule has 0 spiro atoms. The predicted octanol–water partition coefficient (Wildman–Crippen LogP) is 4.58. The van der Waals surface area contributed by atoms with E-state index in [2.05, 4.69) is 0 Å². The van der Waals surface area contributed by atoms with Crippen molar-refractivity contribution in [1.82, 2.24) is 0 Å². The van der Waals surface area contributed by atoms with E-state index in [1.54, 1.807) is 42.5 Å². The molecule has 1 atom stereocenters. The number of carbonyl (C=O) groups excluding carboxylic acids is 1. The second kappa shape index (κ2) is 9.80. The first-order valence-corrected chi connectivity index (χ1v) is 10.7. The topological polar surface area (TPSA) is 115 Å². The minimum absolute atomic E-state index is 0.0411. The van der Waals surface area contributed by atoms with Crippen LogP contribution >= 0.6 is 0 Å². The fourth-order valence-electron chi connectivity index (χ4n) is 4.13. The minimum Gasteiger partial charge on any atom is -0.507 e. The van der Waals surface area contributed by atoms with Gasteiger partial charge in [0.25, 0.3) is 0 Å². The average Bonchev–Trinajstić information content (AvgIpc) is 2.87. The summed E-state index contributed by atoms with van der Waals surface area (Å²) in [5.74, 6) is -1.03. The van der Waals surface area contributed by atoms with Crippen molar-refractivity contribution in [2.45, 2.75) is 12.3 Å². The Morgan fingerprint density at radius 2 is 1.69 bits per heavy atom. The van der Waals surface area contributed by atoms with Gasteiger partial charge in [-0.2, -0.15) is 0 Å². The summed E-state index contributed by atoms with van der Waals surface area (Å²) in [6.45, 7) is 0. The molecule has 8 heteroatoms. The van der Waals surface area contributed by atoms with E-state index in [9.17, 15) is 19.8 Å². The average molecular weight is 476 g/mol. The number of carbonyl (C=O) groups is 1. The Labute approximate surface area is 200 Å². The van der Waals surface area contributed by atoms with Gasteiger partial charge in [0.1, 0.15) is 39.7 Å². The van der Waals surface area contributed by atoms with Crippen molar-refractivity contribution in [3.05, 3.63) is 82.0 Å². The van der Waals surface area contributed by atoms with Crippen LogP contribution in [0.3, 0.4) is 0 Å². The summed E-state index contributed by atoms with van der Waals surface area (Å²) >= 11 is 0. The lowest BCUT2D eigenvalue weighted by Crippen LogP contribution is -2.13. The Bertz CT molecular complexity index is 1440. The molecule has 0 aliphatic rings. The van der Waals surface area contributed by atoms with Gasteiger partial charge in [-0.05, 0) is 6.07 Å². The molecule has 0 saturated heterocycles. The molecule has 4 rings (SSSR count). The van der Waals surface area contributed by atoms with Crippen molar-refractivity contribution in [2.75, 3.05) is 21.3 Å². The Morgan fingerprint density at radius 1 is 0.943 bits per heavy atom. The highest BCUT2D eigenvalue weighted by molar-refractivity contribution is 5.90. The third kappa shape index (κ3) is 4.50. The molecule has 3 aromatic carbocycles. The summed E-state index contributed by atoms with van der Waals surface area (Å²) in [4.78, 5) is 25.5. The van der Waals surface area contributed by atoms with Crippen LogP contribution in [0.25, 0.3) is 22.3 Å². The standard InChI is InChI=1S/C27H24O8/c1-32-16-9-10-17(23(11-16)33-2)18(12-24(31)34-3)25-19(28)13-20(29)26-21(30)14-22(35-27(25)26)15-7-5-4-6-8-15/h4-11,13-14,18,28-29H,12H2,1-3H3/t18-/m0/s1. The van der Waals surface area contributed by atoms with Crippen LogP contribution in [0.1, 0.15) is 23.5 Å². The molecule has 0 aliphatic carbocycles. The summed E-state index contributed by atoms with van der Waals surface area (Å²) in [6.07, 6.45) is -0.202. The van der Waals surface area contributed by atoms with E-state index in [1.807, 2.05) is 6.07 Å². The molecule has 0 saturated carbocycles. The van der Waals surface area contributed by atoms with Gasteiger partial charge < -0.3 is 28.8 Å². The molecular formula is C27H24O8. The fourth-order valence-corrected chi connectivity index (χ4v) is 4.13. The molecule has 0 bridgehead atoms. The highest BCUT2D eigenvalue weighted by atomic mass is 16.5. The van der Waals surface area contributed by atoms with Crippen molar-refractivity contribution in [3.63, 3.8) is 0 Å². The van der Waals surface area contributed by atoms with Gasteiger partial charge in [0.2, 0.25) is 0 Å². The molecule has 1 heterocycles. The van der Waals surface area contributed by atoms with E-state index in [1.165, 1.54) is 27.4 Å². The fraction of sp³-hybridized carbons (Fsp3) is 0.185. The lowest BCUT2D eigenvalue weighted by Gasteiger charge is -2.22. The zero-order valence-corrected chi connectivity index (χ0v) is 19.4. The summed E-state index contributed by atoms with van der Waals surface area (Å²) in [5, 5.41) is 21.4. The van der Waals surface area contributed by atoms with Gasteiger partial charge in [-0.3, -0.25) is 9.59 Å². The lowest BCUT2D eigenvalue weighted by molar-refractivity contribution is -0.140. The first-order valence-electron chi connectivity index (χ1n) is 10.7. The predicted molar refractivity (Wildman–Crippen MR) is 129 cm³/mol. The van der Waals surface area contributed by atoms with Crippen LogP contribution in [0.15, 0.2) is 69.9 Å². The smallest absolute Gasteiger partial charge is 0.306 e. The Morgan fingerprint density at radius 3 is 2.34 bits per heavy atom. The maximum absolute atomic E-state index is 13.1. The molecule has 0 radical (unpaired) electrons. The number of fused-ring (bicyclic) bond motifs is 1. The van der Waals surface area contributed by atoms with Gasteiger partial charge in [0.05, 0.1) is 27.8 Å². The number of phenolic OH excluding ortho intramolecular Hbond substituents is 2. The lowest BCUT2D eigenvalue weighted by atomic mass is 9.85. The minimum atomic E-state index is -0.847. The second-order valence-electron chi connectivity index (χ2n) is 7.81. The molecule has 0 amide bonds. The molecule has 0 aliphatic heterocycles. The van der Waals surface area contributed by atoms with Crippen LogP contribution in [0.2, 0.25) is 0 Å². The first kappa shape index (κ1) is 23.7. The zero-order valence-electron chi connectivity index (χ0n) is 19.4. The summed E-state index contributed by atoms with van der Waals surface area (Å²) in [6, 6.07) is 16.3. The molecule has 35 heavy (non-hydrogen) atoms. The van der Waals surface area contributed by atoms with Gasteiger partial charge >= 0.3 is 5.97 Å². The normalized spacial score (nSPS) is 11.7. The van der Waals surface area contributed by atoms with E-state index in [-0.39, 0.29) is 34.5 Å².